The molecule has 0 aromatic carbocycles. The van der Waals surface area contributed by atoms with E-state index in [0.29, 0.717) is 19.3 Å². The van der Waals surface area contributed by atoms with E-state index in [1.807, 2.05) is 0 Å². The molecule has 0 radical (unpaired) electrons. The lowest BCUT2D eigenvalue weighted by molar-refractivity contribution is -0.161. The Morgan fingerprint density at radius 3 is 0.987 bits per heavy atom. The van der Waals surface area contributed by atoms with Gasteiger partial charge in [0.1, 0.15) is 12.7 Å². The van der Waals surface area contributed by atoms with E-state index in [2.05, 4.69) is 69.4 Å². The highest BCUT2D eigenvalue weighted by atomic mass is 31.2. The topological polar surface area (TPSA) is 155 Å². The number of phosphoric ester groups is 1. The zero-order valence-corrected chi connectivity index (χ0v) is 51.5. The molecule has 0 bridgehead atoms. The van der Waals surface area contributed by atoms with Crippen LogP contribution in [0.1, 0.15) is 316 Å². The number of carbonyl (C=O) groups is 3. The minimum Gasteiger partial charge on any atom is -0.462 e. The van der Waals surface area contributed by atoms with Gasteiger partial charge in [-0.25, -0.2) is 4.57 Å². The van der Waals surface area contributed by atoms with Gasteiger partial charge in [0, 0.05) is 19.3 Å². The van der Waals surface area contributed by atoms with E-state index in [0.717, 1.165) is 89.9 Å². The number of ether oxygens (including phenoxy) is 3. The molecule has 0 saturated heterocycles. The van der Waals surface area contributed by atoms with Crippen LogP contribution < -0.4 is 0 Å². The van der Waals surface area contributed by atoms with Crippen LogP contribution in [0.5, 0.6) is 0 Å². The van der Waals surface area contributed by atoms with Crippen molar-refractivity contribution in [2.75, 3.05) is 26.4 Å². The zero-order valence-electron chi connectivity index (χ0n) is 50.6. The molecule has 0 aliphatic heterocycles. The maximum absolute atomic E-state index is 13.0. The first-order chi connectivity index (χ1) is 38.2. The maximum atomic E-state index is 13.0. The van der Waals surface area contributed by atoms with Gasteiger partial charge in [0.25, 0.3) is 0 Å². The molecule has 3 unspecified atom stereocenters. The standard InChI is InChI=1S/C66H121O11P/c1-4-7-10-13-16-19-22-25-28-30-31-33-36-39-42-45-48-51-54-57-66(70)77-63(59-73-64(68)55-52-49-46-43-40-37-35-32-29-26-23-20-17-14-11-8-5-2)61-75-78(71,72)74-60-62(58-67)76-65(69)56-53-50-47-44-41-38-34-27-24-21-18-15-12-9-6-3/h18,21,25-29,34,62-63,67H,4-17,19-20,22-24,30-33,35-61H2,1-3H3,(H,71,72)/b21-18-,28-25-,29-26-,34-27-. The summed E-state index contributed by atoms with van der Waals surface area (Å²) in [4.78, 5) is 48.7. The van der Waals surface area contributed by atoms with Gasteiger partial charge in [0.15, 0.2) is 6.10 Å². The van der Waals surface area contributed by atoms with Gasteiger partial charge in [-0.15, -0.1) is 0 Å². The second-order valence-corrected chi connectivity index (χ2v) is 23.4. The lowest BCUT2D eigenvalue weighted by atomic mass is 10.1. The van der Waals surface area contributed by atoms with Crippen LogP contribution in [-0.2, 0) is 42.2 Å². The van der Waals surface area contributed by atoms with Crippen molar-refractivity contribution >= 4 is 25.7 Å². The Balaban J connectivity index is 4.70. The molecule has 78 heavy (non-hydrogen) atoms. The summed E-state index contributed by atoms with van der Waals surface area (Å²) in [6, 6.07) is 0. The van der Waals surface area contributed by atoms with Crippen LogP contribution in [-0.4, -0.2) is 66.5 Å². The van der Waals surface area contributed by atoms with E-state index >= 15 is 0 Å². The molecule has 2 N–H and O–H groups in total. The average Bonchev–Trinajstić information content (AvgIpc) is 3.43. The van der Waals surface area contributed by atoms with Gasteiger partial charge >= 0.3 is 25.7 Å². The summed E-state index contributed by atoms with van der Waals surface area (Å²) >= 11 is 0. The minimum absolute atomic E-state index is 0.162. The van der Waals surface area contributed by atoms with E-state index < -0.39 is 57.8 Å². The summed E-state index contributed by atoms with van der Waals surface area (Å²) in [5.41, 5.74) is 0. The summed E-state index contributed by atoms with van der Waals surface area (Å²) in [7, 11) is -4.76. The fraction of sp³-hybridized carbons (Fsp3) is 0.833. The third kappa shape index (κ3) is 58.1. The van der Waals surface area contributed by atoms with E-state index in [1.165, 1.54) is 167 Å². The molecule has 0 aromatic rings. The van der Waals surface area contributed by atoms with Crippen molar-refractivity contribution in [1.82, 2.24) is 0 Å². The van der Waals surface area contributed by atoms with Crippen LogP contribution in [0.3, 0.4) is 0 Å². The monoisotopic (exact) mass is 1120 g/mol. The Morgan fingerprint density at radius 1 is 0.359 bits per heavy atom. The summed E-state index contributed by atoms with van der Waals surface area (Å²) in [5.74, 6) is -1.47. The fourth-order valence-corrected chi connectivity index (χ4v) is 9.99. The smallest absolute Gasteiger partial charge is 0.462 e. The van der Waals surface area contributed by atoms with Crippen LogP contribution in [0, 0.1) is 0 Å². The zero-order chi connectivity index (χ0) is 56.9. The number of esters is 3. The largest absolute Gasteiger partial charge is 0.472 e. The number of unbranched alkanes of at least 4 members (excludes halogenated alkanes) is 36. The highest BCUT2D eigenvalue weighted by molar-refractivity contribution is 7.47. The van der Waals surface area contributed by atoms with Gasteiger partial charge in [-0.3, -0.25) is 23.4 Å². The molecular formula is C66H121O11P. The van der Waals surface area contributed by atoms with Crippen LogP contribution >= 0.6 is 7.82 Å². The number of rotatable bonds is 61. The molecule has 0 aliphatic rings. The Hall–Kier alpha value is -2.56. The lowest BCUT2D eigenvalue weighted by Gasteiger charge is -2.21. The van der Waals surface area contributed by atoms with Crippen LogP contribution in [0.15, 0.2) is 48.6 Å². The molecule has 0 spiro atoms. The molecule has 0 rings (SSSR count). The van der Waals surface area contributed by atoms with Crippen molar-refractivity contribution in [1.29, 1.82) is 0 Å². The van der Waals surface area contributed by atoms with E-state index in [1.54, 1.807) is 0 Å². The van der Waals surface area contributed by atoms with Crippen molar-refractivity contribution < 1.29 is 52.2 Å². The summed E-state index contributed by atoms with van der Waals surface area (Å²) in [6.45, 7) is 4.65. The Kier molecular flexibility index (Phi) is 58.5. The lowest BCUT2D eigenvalue weighted by Crippen LogP contribution is -2.30. The first kappa shape index (κ1) is 75.4. The summed E-state index contributed by atoms with van der Waals surface area (Å²) in [5, 5.41) is 9.84. The molecule has 12 heteroatoms. The van der Waals surface area contributed by atoms with Crippen molar-refractivity contribution in [2.45, 2.75) is 328 Å². The maximum Gasteiger partial charge on any atom is 0.472 e. The fourth-order valence-electron chi connectivity index (χ4n) is 9.20. The van der Waals surface area contributed by atoms with E-state index in [-0.39, 0.29) is 25.9 Å². The van der Waals surface area contributed by atoms with Crippen molar-refractivity contribution in [3.8, 4) is 0 Å². The predicted molar refractivity (Wildman–Crippen MR) is 325 cm³/mol. The van der Waals surface area contributed by atoms with Gasteiger partial charge in [0.05, 0.1) is 19.8 Å². The Labute approximate surface area is 479 Å². The van der Waals surface area contributed by atoms with Crippen LogP contribution in [0.2, 0.25) is 0 Å². The molecule has 456 valence electrons. The predicted octanol–water partition coefficient (Wildman–Crippen LogP) is 19.7. The van der Waals surface area contributed by atoms with Gasteiger partial charge < -0.3 is 24.2 Å². The highest BCUT2D eigenvalue weighted by Crippen LogP contribution is 2.43. The van der Waals surface area contributed by atoms with Crippen molar-refractivity contribution in [3.63, 3.8) is 0 Å². The average molecular weight is 1120 g/mol. The first-order valence-corrected chi connectivity index (χ1v) is 34.0. The Bertz CT molecular complexity index is 1490. The van der Waals surface area contributed by atoms with Crippen molar-refractivity contribution in [3.05, 3.63) is 48.6 Å². The van der Waals surface area contributed by atoms with Gasteiger partial charge in [-0.2, -0.15) is 0 Å². The number of hydrogen-bond acceptors (Lipinski definition) is 10. The molecule has 0 fully saturated rings. The quantitative estimate of drug-likeness (QED) is 0.0197. The SMILES string of the molecule is CCCCC/C=C\C/C=C\CCCCCCCC(=O)OC(CO)COP(=O)(O)OCC(COC(=O)CCCCCCCCC/C=C\CCCCCCCC)OC(=O)CCCCCCCCCCC/C=C\CCCCCCCC. The third-order valence-electron chi connectivity index (χ3n) is 14.2. The third-order valence-corrected chi connectivity index (χ3v) is 15.1. The molecule has 3 atom stereocenters. The van der Waals surface area contributed by atoms with E-state index in [9.17, 15) is 28.9 Å². The highest BCUT2D eigenvalue weighted by Gasteiger charge is 2.28. The van der Waals surface area contributed by atoms with Gasteiger partial charge in [0.2, 0.25) is 0 Å². The van der Waals surface area contributed by atoms with Crippen molar-refractivity contribution in [2.24, 2.45) is 0 Å². The second-order valence-electron chi connectivity index (χ2n) is 21.9. The second kappa shape index (κ2) is 60.5. The molecule has 0 aromatic heterocycles. The van der Waals surface area contributed by atoms with E-state index in [4.69, 9.17) is 23.3 Å². The number of aliphatic hydroxyl groups is 1. The molecule has 0 amide bonds. The normalized spacial score (nSPS) is 13.6. The molecular weight excluding hydrogens is 1000 g/mol. The molecule has 11 nitrogen and oxygen atoms in total. The number of phosphoric acid groups is 1. The number of carbonyl (C=O) groups excluding carboxylic acids is 3. The summed E-state index contributed by atoms with van der Waals surface area (Å²) in [6.07, 6.45) is 66.3. The number of aliphatic hydroxyl groups excluding tert-OH is 1. The number of allylic oxidation sites excluding steroid dienone is 8. The molecule has 0 heterocycles. The minimum atomic E-state index is -4.76. The van der Waals surface area contributed by atoms with Crippen LogP contribution in [0.4, 0.5) is 0 Å². The number of hydrogen-bond donors (Lipinski definition) is 2. The van der Waals surface area contributed by atoms with Gasteiger partial charge in [-0.05, 0) is 103 Å². The van der Waals surface area contributed by atoms with Gasteiger partial charge in [-0.1, -0.05) is 243 Å². The first-order valence-electron chi connectivity index (χ1n) is 32.5. The molecule has 0 aliphatic carbocycles. The summed E-state index contributed by atoms with van der Waals surface area (Å²) < 4.78 is 39.7. The van der Waals surface area contributed by atoms with Crippen LogP contribution in [0.25, 0.3) is 0 Å². The molecule has 0 saturated carbocycles. The Morgan fingerprint density at radius 2 is 0.628 bits per heavy atom.